The first kappa shape index (κ1) is 10.8. The van der Waals surface area contributed by atoms with Crippen molar-refractivity contribution >= 4 is 0 Å². The molecule has 2 N–H and O–H groups in total. The first-order valence-electron chi connectivity index (χ1n) is 5.16. The van der Waals surface area contributed by atoms with E-state index in [2.05, 4.69) is 5.10 Å². The number of halogens is 1. The summed E-state index contributed by atoms with van der Waals surface area (Å²) in [6.07, 6.45) is 1.74. The minimum atomic E-state index is -0.244. The Morgan fingerprint density at radius 1 is 1.31 bits per heavy atom. The van der Waals surface area contributed by atoms with Gasteiger partial charge in [0.15, 0.2) is 0 Å². The van der Waals surface area contributed by atoms with Gasteiger partial charge in [-0.3, -0.25) is 4.68 Å². The molecule has 0 bridgehead atoms. The number of nitrogens with zero attached hydrogens (tertiary/aromatic N) is 2. The van der Waals surface area contributed by atoms with Crippen molar-refractivity contribution in [2.24, 2.45) is 5.73 Å². The number of nitrogens with two attached hydrogens (primary N) is 1. The molecule has 3 nitrogen and oxygen atoms in total. The van der Waals surface area contributed by atoms with E-state index < -0.39 is 0 Å². The fraction of sp³-hybridized carbons (Fsp3) is 0.250. The predicted octanol–water partition coefficient (Wildman–Crippen LogP) is 2.03. The van der Waals surface area contributed by atoms with E-state index in [1.54, 1.807) is 18.3 Å². The Kier molecular flexibility index (Phi) is 3.01. The highest BCUT2D eigenvalue weighted by molar-refractivity contribution is 5.19. The second kappa shape index (κ2) is 4.45. The van der Waals surface area contributed by atoms with Crippen molar-refractivity contribution in [3.05, 3.63) is 53.6 Å². The van der Waals surface area contributed by atoms with Crippen LogP contribution in [-0.4, -0.2) is 9.78 Å². The standard InChI is InChI=1S/C12H14FN3/c1-9-6-7-15-16(9)8-12(14)10-2-4-11(13)5-3-10/h2-7,12H,8,14H2,1H3. The number of aromatic nitrogens is 2. The third-order valence-corrected chi connectivity index (χ3v) is 2.60. The van der Waals surface area contributed by atoms with Crippen molar-refractivity contribution in [3.63, 3.8) is 0 Å². The molecule has 16 heavy (non-hydrogen) atoms. The van der Waals surface area contributed by atoms with Gasteiger partial charge in [-0.05, 0) is 30.7 Å². The minimum absolute atomic E-state index is 0.167. The monoisotopic (exact) mass is 219 g/mol. The van der Waals surface area contributed by atoms with E-state index in [1.807, 2.05) is 17.7 Å². The second-order valence-electron chi connectivity index (χ2n) is 3.81. The van der Waals surface area contributed by atoms with Gasteiger partial charge in [-0.15, -0.1) is 0 Å². The van der Waals surface area contributed by atoms with Crippen molar-refractivity contribution in [1.29, 1.82) is 0 Å². The molecular formula is C12H14FN3. The van der Waals surface area contributed by atoms with Crippen molar-refractivity contribution < 1.29 is 4.39 Å². The van der Waals surface area contributed by atoms with E-state index in [0.717, 1.165) is 11.3 Å². The Morgan fingerprint density at radius 3 is 2.56 bits per heavy atom. The SMILES string of the molecule is Cc1ccnn1CC(N)c1ccc(F)cc1. The van der Waals surface area contributed by atoms with Crippen LogP contribution in [0, 0.1) is 12.7 Å². The number of benzene rings is 1. The van der Waals surface area contributed by atoms with Gasteiger partial charge in [0.05, 0.1) is 6.54 Å². The summed E-state index contributed by atoms with van der Waals surface area (Å²) < 4.78 is 14.6. The van der Waals surface area contributed by atoms with Crippen LogP contribution in [0.3, 0.4) is 0 Å². The van der Waals surface area contributed by atoms with E-state index >= 15 is 0 Å². The Hall–Kier alpha value is -1.68. The van der Waals surface area contributed by atoms with Crippen LogP contribution in [0.25, 0.3) is 0 Å². The van der Waals surface area contributed by atoms with E-state index in [-0.39, 0.29) is 11.9 Å². The van der Waals surface area contributed by atoms with Crippen LogP contribution in [0.5, 0.6) is 0 Å². The summed E-state index contributed by atoms with van der Waals surface area (Å²) in [7, 11) is 0. The zero-order valence-electron chi connectivity index (χ0n) is 9.10. The Bertz CT molecular complexity index is 461. The number of rotatable bonds is 3. The Labute approximate surface area is 93.7 Å². The average Bonchev–Trinajstić information content (AvgIpc) is 2.65. The molecule has 2 aromatic rings. The van der Waals surface area contributed by atoms with E-state index in [0.29, 0.717) is 6.54 Å². The van der Waals surface area contributed by atoms with Gasteiger partial charge in [-0.25, -0.2) is 4.39 Å². The molecule has 0 fully saturated rings. The lowest BCUT2D eigenvalue weighted by Gasteiger charge is -2.13. The molecule has 1 atom stereocenters. The van der Waals surface area contributed by atoms with Crippen LogP contribution in [0.4, 0.5) is 4.39 Å². The van der Waals surface area contributed by atoms with E-state index in [9.17, 15) is 4.39 Å². The number of hydrogen-bond acceptors (Lipinski definition) is 2. The number of aryl methyl sites for hydroxylation is 1. The summed E-state index contributed by atoms with van der Waals surface area (Å²) in [6.45, 7) is 2.58. The minimum Gasteiger partial charge on any atom is -0.322 e. The lowest BCUT2D eigenvalue weighted by molar-refractivity contribution is 0.516. The molecular weight excluding hydrogens is 205 g/mol. The van der Waals surface area contributed by atoms with Gasteiger partial charge < -0.3 is 5.73 Å². The zero-order chi connectivity index (χ0) is 11.5. The maximum Gasteiger partial charge on any atom is 0.123 e. The third kappa shape index (κ3) is 2.28. The smallest absolute Gasteiger partial charge is 0.123 e. The van der Waals surface area contributed by atoms with Crippen LogP contribution < -0.4 is 5.73 Å². The molecule has 1 unspecified atom stereocenters. The lowest BCUT2D eigenvalue weighted by atomic mass is 10.1. The highest BCUT2D eigenvalue weighted by atomic mass is 19.1. The molecule has 1 heterocycles. The van der Waals surface area contributed by atoms with Crippen molar-refractivity contribution in [3.8, 4) is 0 Å². The summed E-state index contributed by atoms with van der Waals surface area (Å²) in [6, 6.07) is 8.02. The molecule has 2 rings (SSSR count). The molecule has 0 aliphatic heterocycles. The zero-order valence-corrected chi connectivity index (χ0v) is 9.10. The van der Waals surface area contributed by atoms with Crippen LogP contribution in [0.2, 0.25) is 0 Å². The topological polar surface area (TPSA) is 43.8 Å². The summed E-state index contributed by atoms with van der Waals surface area (Å²) in [5.74, 6) is -0.244. The summed E-state index contributed by atoms with van der Waals surface area (Å²) >= 11 is 0. The molecule has 0 aliphatic rings. The first-order chi connectivity index (χ1) is 7.66. The highest BCUT2D eigenvalue weighted by Gasteiger charge is 2.08. The maximum atomic E-state index is 12.7. The van der Waals surface area contributed by atoms with Gasteiger partial charge in [0.1, 0.15) is 5.82 Å². The van der Waals surface area contributed by atoms with Crippen LogP contribution in [0.1, 0.15) is 17.3 Å². The third-order valence-electron chi connectivity index (χ3n) is 2.60. The molecule has 0 saturated heterocycles. The Balaban J connectivity index is 2.11. The predicted molar refractivity (Wildman–Crippen MR) is 60.3 cm³/mol. The molecule has 0 saturated carbocycles. The molecule has 0 aliphatic carbocycles. The van der Waals surface area contributed by atoms with E-state index in [1.165, 1.54) is 12.1 Å². The molecule has 1 aromatic heterocycles. The molecule has 0 amide bonds. The van der Waals surface area contributed by atoms with Crippen molar-refractivity contribution in [1.82, 2.24) is 9.78 Å². The van der Waals surface area contributed by atoms with Gasteiger partial charge in [0, 0.05) is 17.9 Å². The van der Waals surface area contributed by atoms with Gasteiger partial charge in [-0.2, -0.15) is 5.10 Å². The number of hydrogen-bond donors (Lipinski definition) is 1. The largest absolute Gasteiger partial charge is 0.322 e. The normalized spacial score (nSPS) is 12.7. The van der Waals surface area contributed by atoms with Gasteiger partial charge >= 0.3 is 0 Å². The quantitative estimate of drug-likeness (QED) is 0.858. The fourth-order valence-electron chi connectivity index (χ4n) is 1.59. The van der Waals surface area contributed by atoms with Crippen molar-refractivity contribution in [2.45, 2.75) is 19.5 Å². The lowest BCUT2D eigenvalue weighted by Crippen LogP contribution is -2.19. The fourth-order valence-corrected chi connectivity index (χ4v) is 1.59. The van der Waals surface area contributed by atoms with Gasteiger partial charge in [0.2, 0.25) is 0 Å². The van der Waals surface area contributed by atoms with Crippen LogP contribution in [0.15, 0.2) is 36.5 Å². The molecule has 84 valence electrons. The van der Waals surface area contributed by atoms with Crippen LogP contribution in [-0.2, 0) is 6.54 Å². The molecule has 0 spiro atoms. The summed E-state index contributed by atoms with van der Waals surface area (Å²) in [5, 5.41) is 4.16. The summed E-state index contributed by atoms with van der Waals surface area (Å²) in [5.41, 5.74) is 8.00. The van der Waals surface area contributed by atoms with Gasteiger partial charge in [-0.1, -0.05) is 12.1 Å². The first-order valence-corrected chi connectivity index (χ1v) is 5.16. The van der Waals surface area contributed by atoms with Crippen molar-refractivity contribution in [2.75, 3.05) is 0 Å². The maximum absolute atomic E-state index is 12.7. The molecule has 1 aromatic carbocycles. The molecule has 0 radical (unpaired) electrons. The molecule has 4 heteroatoms. The second-order valence-corrected chi connectivity index (χ2v) is 3.81. The summed E-state index contributed by atoms with van der Waals surface area (Å²) in [4.78, 5) is 0. The van der Waals surface area contributed by atoms with Crippen LogP contribution >= 0.6 is 0 Å². The average molecular weight is 219 g/mol. The Morgan fingerprint density at radius 2 is 2.00 bits per heavy atom. The van der Waals surface area contributed by atoms with Gasteiger partial charge in [0.25, 0.3) is 0 Å². The highest BCUT2D eigenvalue weighted by Crippen LogP contribution is 2.13. The van der Waals surface area contributed by atoms with E-state index in [4.69, 9.17) is 5.73 Å².